The van der Waals surface area contributed by atoms with Gasteiger partial charge in [-0.2, -0.15) is 0 Å². The predicted molar refractivity (Wildman–Crippen MR) is 103 cm³/mol. The van der Waals surface area contributed by atoms with Crippen LogP contribution < -0.4 is 5.32 Å². The molecule has 6 nitrogen and oxygen atoms in total. The first kappa shape index (κ1) is 16.8. The van der Waals surface area contributed by atoms with Crippen molar-refractivity contribution in [2.45, 2.75) is 50.6 Å². The molecule has 1 N–H and O–H groups in total. The van der Waals surface area contributed by atoms with Crippen molar-refractivity contribution in [3.8, 4) is 5.69 Å². The van der Waals surface area contributed by atoms with Gasteiger partial charge in [0.15, 0.2) is 5.82 Å². The Labute approximate surface area is 163 Å². The summed E-state index contributed by atoms with van der Waals surface area (Å²) in [4.78, 5) is 8.72. The summed E-state index contributed by atoms with van der Waals surface area (Å²) >= 11 is 6.21. The molecule has 1 aliphatic carbocycles. The van der Waals surface area contributed by atoms with E-state index in [2.05, 4.69) is 36.1 Å². The first-order valence-corrected chi connectivity index (χ1v) is 9.87. The number of halogens is 1. The van der Waals surface area contributed by atoms with Gasteiger partial charge in [-0.3, -0.25) is 14.5 Å². The van der Waals surface area contributed by atoms with Crippen molar-refractivity contribution in [2.75, 3.05) is 0 Å². The molecule has 7 heteroatoms. The fourth-order valence-corrected chi connectivity index (χ4v) is 4.56. The second kappa shape index (κ2) is 7.02. The van der Waals surface area contributed by atoms with Crippen molar-refractivity contribution in [1.82, 2.24) is 30.0 Å². The first-order valence-electron chi connectivity index (χ1n) is 9.49. The van der Waals surface area contributed by atoms with Crippen LogP contribution in [-0.4, -0.2) is 24.7 Å². The van der Waals surface area contributed by atoms with Crippen LogP contribution in [0.25, 0.3) is 5.69 Å². The van der Waals surface area contributed by atoms with Crippen molar-refractivity contribution in [3.63, 3.8) is 0 Å². The lowest BCUT2D eigenvalue weighted by atomic mass is 9.80. The summed E-state index contributed by atoms with van der Waals surface area (Å²) in [6.07, 6.45) is 9.83. The van der Waals surface area contributed by atoms with Gasteiger partial charge in [-0.25, -0.2) is 0 Å². The Morgan fingerprint density at radius 3 is 2.67 bits per heavy atom. The zero-order chi connectivity index (χ0) is 18.2. The molecule has 0 bridgehead atoms. The lowest BCUT2D eigenvalue weighted by Crippen LogP contribution is -2.17. The number of nitrogens with one attached hydrogen (secondary N) is 1. The number of fused-ring (bicyclic) bond motifs is 3. The molecule has 0 unspecified atom stereocenters. The third-order valence-electron chi connectivity index (χ3n) is 5.73. The minimum absolute atomic E-state index is 0.417. The third-order valence-corrected chi connectivity index (χ3v) is 5.96. The van der Waals surface area contributed by atoms with Gasteiger partial charge in [-0.1, -0.05) is 11.6 Å². The second-order valence-electron chi connectivity index (χ2n) is 7.37. The molecule has 0 radical (unpaired) electrons. The van der Waals surface area contributed by atoms with Gasteiger partial charge in [0.05, 0.1) is 17.9 Å². The topological polar surface area (TPSA) is 68.5 Å². The van der Waals surface area contributed by atoms with E-state index in [1.54, 1.807) is 12.4 Å². The summed E-state index contributed by atoms with van der Waals surface area (Å²) in [5.74, 6) is 2.96. The highest BCUT2D eigenvalue weighted by Gasteiger charge is 2.30. The maximum absolute atomic E-state index is 6.21. The Bertz CT molecular complexity index is 946. The van der Waals surface area contributed by atoms with Crippen molar-refractivity contribution >= 4 is 11.6 Å². The molecule has 3 heterocycles. The standard InChI is InChI=1S/C20H21ClN6/c21-16-5-6-18-15(9-16)10-23-12-19-25-26-20(27(18)19)14-3-1-13(2-4-14)17-11-22-7-8-24-17/h5-9,11,13-14,23H,1-4,10,12H2/t13-,14-. The molecular weight excluding hydrogens is 360 g/mol. The van der Waals surface area contributed by atoms with Crippen LogP contribution in [0.3, 0.4) is 0 Å². The first-order chi connectivity index (χ1) is 13.3. The van der Waals surface area contributed by atoms with E-state index in [0.717, 1.165) is 60.3 Å². The Balaban J connectivity index is 1.44. The summed E-state index contributed by atoms with van der Waals surface area (Å²) in [7, 11) is 0. The molecule has 5 rings (SSSR count). The van der Waals surface area contributed by atoms with Gasteiger partial charge in [-0.05, 0) is 49.4 Å². The Kier molecular flexibility index (Phi) is 4.38. The molecule has 138 valence electrons. The molecular formula is C20H21ClN6. The van der Waals surface area contributed by atoms with Crippen molar-refractivity contribution in [1.29, 1.82) is 0 Å². The van der Waals surface area contributed by atoms with Gasteiger partial charge in [0.1, 0.15) is 5.82 Å². The predicted octanol–water partition coefficient (Wildman–Crippen LogP) is 3.76. The van der Waals surface area contributed by atoms with Crippen LogP contribution in [0.4, 0.5) is 0 Å². The van der Waals surface area contributed by atoms with E-state index in [0.29, 0.717) is 18.4 Å². The Hall–Kier alpha value is -2.31. The molecule has 3 aromatic rings. The maximum atomic E-state index is 6.21. The molecule has 0 spiro atoms. The van der Waals surface area contributed by atoms with Gasteiger partial charge in [-0.15, -0.1) is 10.2 Å². The van der Waals surface area contributed by atoms with Crippen LogP contribution in [0.2, 0.25) is 5.02 Å². The van der Waals surface area contributed by atoms with Gasteiger partial charge >= 0.3 is 0 Å². The second-order valence-corrected chi connectivity index (χ2v) is 7.80. The zero-order valence-electron chi connectivity index (χ0n) is 15.0. The molecule has 1 aromatic carbocycles. The Morgan fingerprint density at radius 1 is 1.00 bits per heavy atom. The molecule has 0 amide bonds. The molecule has 0 saturated heterocycles. The Morgan fingerprint density at radius 2 is 1.85 bits per heavy atom. The number of benzene rings is 1. The van der Waals surface area contributed by atoms with Crippen LogP contribution in [0.5, 0.6) is 0 Å². The summed E-state index contributed by atoms with van der Waals surface area (Å²) in [6.45, 7) is 1.51. The van der Waals surface area contributed by atoms with Gasteiger partial charge < -0.3 is 5.32 Å². The lowest BCUT2D eigenvalue weighted by Gasteiger charge is -2.28. The number of rotatable bonds is 2. The maximum Gasteiger partial charge on any atom is 0.151 e. The molecule has 27 heavy (non-hydrogen) atoms. The van der Waals surface area contributed by atoms with Crippen molar-refractivity contribution in [3.05, 3.63) is 64.7 Å². The average molecular weight is 381 g/mol. The minimum Gasteiger partial charge on any atom is -0.306 e. The van der Waals surface area contributed by atoms with Gasteiger partial charge in [0.2, 0.25) is 0 Å². The third kappa shape index (κ3) is 3.13. The van der Waals surface area contributed by atoms with Crippen LogP contribution in [0, 0.1) is 0 Å². The summed E-state index contributed by atoms with van der Waals surface area (Å²) in [5.41, 5.74) is 3.45. The average Bonchev–Trinajstić information content (AvgIpc) is 3.04. The van der Waals surface area contributed by atoms with Gasteiger partial charge in [0, 0.05) is 42.0 Å². The van der Waals surface area contributed by atoms with E-state index in [1.165, 1.54) is 5.56 Å². The monoisotopic (exact) mass is 380 g/mol. The van der Waals surface area contributed by atoms with Crippen molar-refractivity contribution < 1.29 is 0 Å². The number of hydrogen-bond acceptors (Lipinski definition) is 5. The van der Waals surface area contributed by atoms with E-state index in [9.17, 15) is 0 Å². The fourth-order valence-electron chi connectivity index (χ4n) is 4.36. The van der Waals surface area contributed by atoms with Gasteiger partial charge in [0.25, 0.3) is 0 Å². The SMILES string of the molecule is Clc1ccc2c(c1)CNCc1nnc([C@H]3CC[C@H](c4cnccn4)CC3)n1-2. The van der Waals surface area contributed by atoms with Crippen LogP contribution in [-0.2, 0) is 13.1 Å². The number of aromatic nitrogens is 5. The molecule has 1 fully saturated rings. The van der Waals surface area contributed by atoms with Crippen LogP contribution >= 0.6 is 11.6 Å². The largest absolute Gasteiger partial charge is 0.306 e. The van der Waals surface area contributed by atoms with E-state index < -0.39 is 0 Å². The van der Waals surface area contributed by atoms with E-state index in [4.69, 9.17) is 11.6 Å². The van der Waals surface area contributed by atoms with Crippen molar-refractivity contribution in [2.24, 2.45) is 0 Å². The molecule has 2 aromatic heterocycles. The summed E-state index contributed by atoms with van der Waals surface area (Å²) in [5, 5.41) is 13.3. The highest BCUT2D eigenvalue weighted by molar-refractivity contribution is 6.30. The molecule has 0 atom stereocenters. The summed E-state index contributed by atoms with van der Waals surface area (Å²) in [6, 6.07) is 6.07. The quantitative estimate of drug-likeness (QED) is 0.733. The lowest BCUT2D eigenvalue weighted by molar-refractivity contribution is 0.377. The number of nitrogens with zero attached hydrogens (tertiary/aromatic N) is 5. The normalized spacial score (nSPS) is 22.0. The van der Waals surface area contributed by atoms with E-state index in [1.807, 2.05) is 18.3 Å². The minimum atomic E-state index is 0.417. The molecule has 1 aliphatic heterocycles. The fraction of sp³-hybridized carbons (Fsp3) is 0.400. The molecule has 1 saturated carbocycles. The molecule has 2 aliphatic rings. The van der Waals surface area contributed by atoms with Crippen LogP contribution in [0.1, 0.15) is 60.4 Å². The van der Waals surface area contributed by atoms with E-state index in [-0.39, 0.29) is 0 Å². The highest BCUT2D eigenvalue weighted by Crippen LogP contribution is 2.40. The van der Waals surface area contributed by atoms with E-state index >= 15 is 0 Å². The summed E-state index contributed by atoms with van der Waals surface area (Å²) < 4.78 is 2.25. The van der Waals surface area contributed by atoms with Crippen LogP contribution in [0.15, 0.2) is 36.8 Å². The number of hydrogen-bond donors (Lipinski definition) is 1. The highest BCUT2D eigenvalue weighted by atomic mass is 35.5. The zero-order valence-corrected chi connectivity index (χ0v) is 15.7. The smallest absolute Gasteiger partial charge is 0.151 e.